The third-order valence-corrected chi connectivity index (χ3v) is 2.70. The largest absolute Gasteiger partial charge is 0.282 e. The standard InChI is InChI=1S/C5H9NS.BrH/c1-2-7-4-3-6-5-7;/h3-4H,2,5H2,1H3;1H. The summed E-state index contributed by atoms with van der Waals surface area (Å²) in [5.74, 6) is 2.32. The van der Waals surface area contributed by atoms with Gasteiger partial charge in [-0.3, -0.25) is 4.99 Å². The van der Waals surface area contributed by atoms with Crippen LogP contribution in [0.15, 0.2) is 4.99 Å². The quantitative estimate of drug-likeness (QED) is 0.566. The van der Waals surface area contributed by atoms with Crippen LogP contribution in [0.25, 0.3) is 0 Å². The smallest absolute Gasteiger partial charge is 0.0797 e. The molecule has 0 spiro atoms. The zero-order valence-electron chi connectivity index (χ0n) is 4.83. The van der Waals surface area contributed by atoms with Crippen LogP contribution >= 0.6 is 27.5 Å². The van der Waals surface area contributed by atoms with Gasteiger partial charge in [-0.05, 0) is 11.1 Å². The van der Waals surface area contributed by atoms with E-state index in [9.17, 15) is 0 Å². The first-order valence-corrected chi connectivity index (χ1v) is 4.05. The fourth-order valence-electron chi connectivity index (χ4n) is 0.498. The number of hydrogen-bond acceptors (Lipinski definition) is 1. The number of aliphatic imine (C=N–C) groups is 1. The highest BCUT2D eigenvalue weighted by atomic mass is 79.9. The van der Waals surface area contributed by atoms with Crippen LogP contribution < -0.4 is 0 Å². The molecule has 1 aliphatic rings. The normalized spacial score (nSPS) is 24.4. The molecule has 0 saturated carbocycles. The molecule has 0 amide bonds. The molecule has 0 N–H and O–H groups in total. The summed E-state index contributed by atoms with van der Waals surface area (Å²) in [5, 5.41) is 2.19. The molecule has 1 heterocycles. The van der Waals surface area contributed by atoms with Crippen molar-refractivity contribution in [3.05, 3.63) is 0 Å². The van der Waals surface area contributed by atoms with E-state index in [0.29, 0.717) is 10.5 Å². The first kappa shape index (κ1) is 8.37. The Labute approximate surface area is 62.9 Å². The molecule has 0 saturated heterocycles. The number of rotatable bonds is 1. The van der Waals surface area contributed by atoms with Crippen molar-refractivity contribution in [1.82, 2.24) is 0 Å². The van der Waals surface area contributed by atoms with Gasteiger partial charge in [-0.15, -0.1) is 17.0 Å². The molecular weight excluding hydrogens is 186 g/mol. The lowest BCUT2D eigenvalue weighted by molar-refractivity contribution is 1.39. The molecule has 1 unspecified atom stereocenters. The summed E-state index contributed by atoms with van der Waals surface area (Å²) in [7, 11) is 0.519. The van der Waals surface area contributed by atoms with E-state index in [2.05, 4.69) is 17.3 Å². The van der Waals surface area contributed by atoms with Gasteiger partial charge in [-0.2, -0.15) is 10.5 Å². The molecular formula is C5H10BrNS. The zero-order valence-corrected chi connectivity index (χ0v) is 7.36. The van der Waals surface area contributed by atoms with Gasteiger partial charge in [0.15, 0.2) is 0 Å². The Kier molecular flexibility index (Phi) is 4.47. The minimum absolute atomic E-state index is 0. The minimum atomic E-state index is 0. The Balaban J connectivity index is 0.000000490. The fourth-order valence-corrected chi connectivity index (χ4v) is 1.50. The molecule has 3 heteroatoms. The maximum Gasteiger partial charge on any atom is 0.0797 e. The molecule has 1 aliphatic heterocycles. The van der Waals surface area contributed by atoms with E-state index in [4.69, 9.17) is 0 Å². The van der Waals surface area contributed by atoms with Crippen molar-refractivity contribution in [3.63, 3.8) is 0 Å². The Bertz CT molecular complexity index is 120. The van der Waals surface area contributed by atoms with E-state index in [-0.39, 0.29) is 17.0 Å². The third-order valence-electron chi connectivity index (χ3n) is 0.970. The molecule has 0 bridgehead atoms. The third kappa shape index (κ3) is 2.09. The minimum Gasteiger partial charge on any atom is -0.282 e. The van der Waals surface area contributed by atoms with Crippen molar-refractivity contribution in [3.8, 4) is 0 Å². The van der Waals surface area contributed by atoms with Gasteiger partial charge in [-0.25, -0.2) is 0 Å². The molecule has 1 atom stereocenters. The van der Waals surface area contributed by atoms with Gasteiger partial charge in [0.1, 0.15) is 0 Å². The van der Waals surface area contributed by atoms with Crippen molar-refractivity contribution in [2.24, 2.45) is 4.99 Å². The molecule has 0 aliphatic carbocycles. The maximum absolute atomic E-state index is 4.07. The van der Waals surface area contributed by atoms with Crippen molar-refractivity contribution in [1.29, 1.82) is 0 Å². The van der Waals surface area contributed by atoms with Crippen LogP contribution in [0.1, 0.15) is 6.92 Å². The summed E-state index contributed by atoms with van der Waals surface area (Å²) in [6.45, 7) is 2.20. The lowest BCUT2D eigenvalue weighted by atomic mass is 10.9. The van der Waals surface area contributed by atoms with Gasteiger partial charge in [0.2, 0.25) is 0 Å². The van der Waals surface area contributed by atoms with E-state index >= 15 is 0 Å². The van der Waals surface area contributed by atoms with Gasteiger partial charge < -0.3 is 0 Å². The summed E-state index contributed by atoms with van der Waals surface area (Å²) in [4.78, 5) is 4.07. The highest BCUT2D eigenvalue weighted by molar-refractivity contribution is 8.93. The summed E-state index contributed by atoms with van der Waals surface area (Å²) >= 11 is 0. The second-order valence-corrected chi connectivity index (χ2v) is 3.61. The molecule has 8 heavy (non-hydrogen) atoms. The van der Waals surface area contributed by atoms with Crippen molar-refractivity contribution in [2.45, 2.75) is 6.92 Å². The Morgan fingerprint density at radius 2 is 2.50 bits per heavy atom. The first-order valence-electron chi connectivity index (χ1n) is 2.43. The van der Waals surface area contributed by atoms with Crippen LogP contribution in [0.5, 0.6) is 0 Å². The Morgan fingerprint density at radius 3 is 2.75 bits per heavy atom. The summed E-state index contributed by atoms with van der Waals surface area (Å²) in [6, 6.07) is 0. The average Bonchev–Trinajstić information content (AvgIpc) is 2.14. The van der Waals surface area contributed by atoms with Crippen LogP contribution in [0, 0.1) is 0 Å². The molecule has 0 aromatic rings. The second-order valence-electron chi connectivity index (χ2n) is 1.42. The fraction of sp³-hybridized carbons (Fsp3) is 0.600. The van der Waals surface area contributed by atoms with Gasteiger partial charge >= 0.3 is 0 Å². The number of nitrogens with zero attached hydrogens (tertiary/aromatic N) is 1. The summed E-state index contributed by atoms with van der Waals surface area (Å²) in [6.07, 6.45) is 1.92. The number of halogens is 1. The van der Waals surface area contributed by atoms with E-state index < -0.39 is 0 Å². The first-order chi connectivity index (χ1) is 3.43. The van der Waals surface area contributed by atoms with E-state index in [1.54, 1.807) is 0 Å². The van der Waals surface area contributed by atoms with Gasteiger partial charge in [0.05, 0.1) is 5.88 Å². The van der Waals surface area contributed by atoms with Crippen molar-refractivity contribution < 1.29 is 0 Å². The number of hydrogen-bond donors (Lipinski definition) is 0. The molecule has 1 rings (SSSR count). The van der Waals surface area contributed by atoms with E-state index in [1.807, 2.05) is 6.21 Å². The van der Waals surface area contributed by atoms with Gasteiger partial charge in [0.25, 0.3) is 0 Å². The van der Waals surface area contributed by atoms with Crippen LogP contribution in [-0.2, 0) is 0 Å². The SMILES string of the molecule is Br.CCS1=CC=NC1. The average molecular weight is 196 g/mol. The lowest BCUT2D eigenvalue weighted by Crippen LogP contribution is -1.73. The summed E-state index contributed by atoms with van der Waals surface area (Å²) in [5.41, 5.74) is 0. The molecule has 1 nitrogen and oxygen atoms in total. The predicted molar refractivity (Wildman–Crippen MR) is 47.9 cm³/mol. The zero-order chi connectivity index (χ0) is 5.11. The highest BCUT2D eigenvalue weighted by Gasteiger charge is 1.90. The summed E-state index contributed by atoms with van der Waals surface area (Å²) < 4.78 is 0. The van der Waals surface area contributed by atoms with Crippen LogP contribution in [0.3, 0.4) is 0 Å². The molecule has 0 aromatic heterocycles. The van der Waals surface area contributed by atoms with Crippen molar-refractivity contribution in [2.75, 3.05) is 11.6 Å². The molecule has 48 valence electrons. The Morgan fingerprint density at radius 1 is 1.75 bits per heavy atom. The Hall–Kier alpha value is 0.370. The van der Waals surface area contributed by atoms with E-state index in [0.717, 1.165) is 5.88 Å². The van der Waals surface area contributed by atoms with Crippen LogP contribution in [0.2, 0.25) is 0 Å². The van der Waals surface area contributed by atoms with Crippen molar-refractivity contribution >= 4 is 39.0 Å². The maximum atomic E-state index is 4.07. The second kappa shape index (κ2) is 4.27. The van der Waals surface area contributed by atoms with Crippen LogP contribution in [-0.4, -0.2) is 23.2 Å². The lowest BCUT2D eigenvalue weighted by Gasteiger charge is -1.90. The predicted octanol–water partition coefficient (Wildman–Crippen LogP) is 1.70. The molecule has 0 aromatic carbocycles. The molecule has 0 fully saturated rings. The van der Waals surface area contributed by atoms with E-state index in [1.165, 1.54) is 5.75 Å². The van der Waals surface area contributed by atoms with Gasteiger partial charge in [0, 0.05) is 6.21 Å². The molecule has 0 radical (unpaired) electrons. The topological polar surface area (TPSA) is 12.4 Å². The van der Waals surface area contributed by atoms with Gasteiger partial charge in [-0.1, -0.05) is 6.92 Å². The highest BCUT2D eigenvalue weighted by Crippen LogP contribution is 2.12. The van der Waals surface area contributed by atoms with Crippen LogP contribution in [0.4, 0.5) is 0 Å². The monoisotopic (exact) mass is 195 g/mol.